The second-order valence-electron chi connectivity index (χ2n) is 2.63. The summed E-state index contributed by atoms with van der Waals surface area (Å²) in [6, 6.07) is 0. The standard InChI is InChI=1S/C4H6N6O5/c5-3-4(6,10(14)15)7-2(9(12)13)1-8(3)11/h1,7H,5-6H2. The number of hydrogen-bond donors (Lipinski definition) is 3. The van der Waals surface area contributed by atoms with E-state index in [9.17, 15) is 25.4 Å². The summed E-state index contributed by atoms with van der Waals surface area (Å²) in [4.78, 5) is 18.6. The molecule has 11 heteroatoms. The van der Waals surface area contributed by atoms with E-state index < -0.39 is 27.3 Å². The van der Waals surface area contributed by atoms with Crippen LogP contribution in [0.15, 0.2) is 12.0 Å². The summed E-state index contributed by atoms with van der Waals surface area (Å²) < 4.78 is -0.225. The van der Waals surface area contributed by atoms with Crippen molar-refractivity contribution >= 4 is 5.84 Å². The van der Waals surface area contributed by atoms with Crippen LogP contribution in [0, 0.1) is 25.4 Å². The molecule has 15 heavy (non-hydrogen) atoms. The van der Waals surface area contributed by atoms with Crippen molar-refractivity contribution in [1.82, 2.24) is 5.32 Å². The first kappa shape index (κ1) is 10.6. The van der Waals surface area contributed by atoms with Gasteiger partial charge in [0.2, 0.25) is 0 Å². The lowest BCUT2D eigenvalue weighted by Gasteiger charge is -2.20. The fourth-order valence-corrected chi connectivity index (χ4v) is 0.872. The quantitative estimate of drug-likeness (QED) is 0.149. The van der Waals surface area contributed by atoms with Gasteiger partial charge in [0.1, 0.15) is 4.92 Å². The molecule has 0 aromatic rings. The Morgan fingerprint density at radius 3 is 2.40 bits per heavy atom. The SMILES string of the molecule is NC1=[N+]([O-])C=C([N+](=O)[O-])NC1(N)[N+](=O)[O-]. The number of rotatable bonds is 2. The normalized spacial score (nSPS) is 25.5. The third kappa shape index (κ3) is 1.50. The average Bonchev–Trinajstić information content (AvgIpc) is 2.12. The van der Waals surface area contributed by atoms with E-state index in [0.29, 0.717) is 6.20 Å². The molecular weight excluding hydrogens is 212 g/mol. The van der Waals surface area contributed by atoms with Crippen LogP contribution in [0.1, 0.15) is 0 Å². The number of hydroxylamine groups is 1. The van der Waals surface area contributed by atoms with Gasteiger partial charge in [-0.25, -0.2) is 10.5 Å². The molecule has 0 amide bonds. The lowest BCUT2D eigenvalue weighted by molar-refractivity contribution is -0.579. The van der Waals surface area contributed by atoms with Crippen LogP contribution in [0.3, 0.4) is 0 Å². The zero-order valence-corrected chi connectivity index (χ0v) is 7.11. The Labute approximate surface area is 81.5 Å². The van der Waals surface area contributed by atoms with Crippen molar-refractivity contribution in [3.05, 3.63) is 37.5 Å². The molecule has 0 fully saturated rings. The average molecular weight is 218 g/mol. The molecule has 1 aliphatic heterocycles. The van der Waals surface area contributed by atoms with Crippen molar-refractivity contribution in [1.29, 1.82) is 0 Å². The molecule has 0 aromatic carbocycles. The summed E-state index contributed by atoms with van der Waals surface area (Å²) in [7, 11) is 0. The molecule has 1 atom stereocenters. The molecule has 0 aliphatic carbocycles. The molecule has 1 aliphatic rings. The Balaban J connectivity index is 3.26. The minimum Gasteiger partial charge on any atom is -0.710 e. The molecule has 0 saturated carbocycles. The van der Waals surface area contributed by atoms with E-state index in [2.05, 4.69) is 0 Å². The Morgan fingerprint density at radius 2 is 2.00 bits per heavy atom. The van der Waals surface area contributed by atoms with Gasteiger partial charge in [0.25, 0.3) is 0 Å². The van der Waals surface area contributed by atoms with Crippen LogP contribution in [0.5, 0.6) is 0 Å². The maximum absolute atomic E-state index is 11.0. The summed E-state index contributed by atoms with van der Waals surface area (Å²) in [5.74, 6) is -4.46. The number of nitrogens with one attached hydrogen (secondary N) is 1. The van der Waals surface area contributed by atoms with Gasteiger partial charge in [-0.05, 0) is 4.92 Å². The fraction of sp³-hybridized carbons (Fsp3) is 0.250. The van der Waals surface area contributed by atoms with Crippen molar-refractivity contribution in [3.8, 4) is 0 Å². The smallest absolute Gasteiger partial charge is 0.513 e. The Kier molecular flexibility index (Phi) is 2.17. The lowest BCUT2D eigenvalue weighted by Crippen LogP contribution is -2.70. The maximum Gasteiger partial charge on any atom is 0.513 e. The molecule has 1 rings (SSSR count). The Morgan fingerprint density at radius 1 is 1.47 bits per heavy atom. The van der Waals surface area contributed by atoms with Crippen LogP contribution in [0.4, 0.5) is 0 Å². The second kappa shape index (κ2) is 3.06. The van der Waals surface area contributed by atoms with Crippen molar-refractivity contribution in [2.75, 3.05) is 0 Å². The van der Waals surface area contributed by atoms with E-state index in [1.54, 1.807) is 5.32 Å². The molecule has 0 spiro atoms. The van der Waals surface area contributed by atoms with E-state index in [1.165, 1.54) is 0 Å². The number of hydrogen-bond acceptors (Lipinski definition) is 8. The van der Waals surface area contributed by atoms with E-state index in [-0.39, 0.29) is 4.74 Å². The van der Waals surface area contributed by atoms with Gasteiger partial charge in [-0.15, -0.1) is 0 Å². The van der Waals surface area contributed by atoms with Crippen LogP contribution < -0.4 is 16.8 Å². The highest BCUT2D eigenvalue weighted by molar-refractivity contribution is 5.84. The van der Waals surface area contributed by atoms with Crippen molar-refractivity contribution in [3.63, 3.8) is 0 Å². The van der Waals surface area contributed by atoms with Crippen LogP contribution >= 0.6 is 0 Å². The number of nitrogens with two attached hydrogens (primary N) is 2. The first-order chi connectivity index (χ1) is 6.79. The molecule has 0 aromatic heterocycles. The zero-order chi connectivity index (χ0) is 11.8. The number of nitrogens with zero attached hydrogens (tertiary/aromatic N) is 3. The maximum atomic E-state index is 11.0. The molecule has 5 N–H and O–H groups in total. The van der Waals surface area contributed by atoms with Crippen LogP contribution in [-0.4, -0.2) is 26.2 Å². The summed E-state index contributed by atoms with van der Waals surface area (Å²) in [5, 5.41) is 33.5. The summed E-state index contributed by atoms with van der Waals surface area (Å²) in [6.45, 7) is 0. The third-order valence-corrected chi connectivity index (χ3v) is 1.67. The van der Waals surface area contributed by atoms with E-state index in [4.69, 9.17) is 11.5 Å². The van der Waals surface area contributed by atoms with Gasteiger partial charge in [-0.2, -0.15) is 5.32 Å². The fourth-order valence-electron chi connectivity index (χ4n) is 0.872. The summed E-state index contributed by atoms with van der Waals surface area (Å²) in [6.07, 6.45) is 0.448. The molecule has 0 radical (unpaired) electrons. The highest BCUT2D eigenvalue weighted by Crippen LogP contribution is 2.08. The van der Waals surface area contributed by atoms with Crippen molar-refractivity contribution < 1.29 is 14.6 Å². The van der Waals surface area contributed by atoms with Gasteiger partial charge in [-0.1, -0.05) is 0 Å². The number of amidine groups is 1. The topological polar surface area (TPSA) is 176 Å². The van der Waals surface area contributed by atoms with Crippen LogP contribution in [0.25, 0.3) is 0 Å². The van der Waals surface area contributed by atoms with Crippen LogP contribution in [-0.2, 0) is 0 Å². The number of nitro groups is 2. The molecule has 0 saturated heterocycles. The molecular formula is C4H6N6O5. The van der Waals surface area contributed by atoms with Gasteiger partial charge in [-0.3, -0.25) is 15.8 Å². The Hall–Kier alpha value is -2.43. The largest absolute Gasteiger partial charge is 0.710 e. The van der Waals surface area contributed by atoms with Crippen molar-refractivity contribution in [2.45, 2.75) is 5.79 Å². The van der Waals surface area contributed by atoms with Gasteiger partial charge >= 0.3 is 17.4 Å². The van der Waals surface area contributed by atoms with Gasteiger partial charge < -0.3 is 15.3 Å². The molecule has 82 valence electrons. The minimum absolute atomic E-state index is 0.225. The third-order valence-electron chi connectivity index (χ3n) is 1.67. The van der Waals surface area contributed by atoms with Gasteiger partial charge in [0.05, 0.1) is 0 Å². The van der Waals surface area contributed by atoms with Crippen LogP contribution in [0.2, 0.25) is 0 Å². The minimum atomic E-state index is -2.67. The van der Waals surface area contributed by atoms with E-state index >= 15 is 0 Å². The molecule has 1 heterocycles. The lowest BCUT2D eigenvalue weighted by atomic mass is 10.3. The predicted molar refractivity (Wildman–Crippen MR) is 44.9 cm³/mol. The zero-order valence-electron chi connectivity index (χ0n) is 7.11. The molecule has 11 nitrogen and oxygen atoms in total. The van der Waals surface area contributed by atoms with Gasteiger partial charge in [0, 0.05) is 0 Å². The monoisotopic (exact) mass is 218 g/mol. The summed E-state index contributed by atoms with van der Waals surface area (Å²) in [5.41, 5.74) is 10.2. The first-order valence-electron chi connectivity index (χ1n) is 3.46. The summed E-state index contributed by atoms with van der Waals surface area (Å²) >= 11 is 0. The first-order valence-corrected chi connectivity index (χ1v) is 3.46. The molecule has 0 bridgehead atoms. The predicted octanol–water partition coefficient (Wildman–Crippen LogP) is -2.58. The highest BCUT2D eigenvalue weighted by Gasteiger charge is 2.57. The molecule has 1 unspecified atom stereocenters. The Bertz CT molecular complexity index is 400. The van der Waals surface area contributed by atoms with Gasteiger partial charge in [0.15, 0.2) is 6.20 Å². The van der Waals surface area contributed by atoms with E-state index in [0.717, 1.165) is 0 Å². The van der Waals surface area contributed by atoms with Crippen molar-refractivity contribution in [2.24, 2.45) is 11.5 Å². The second-order valence-corrected chi connectivity index (χ2v) is 2.63. The highest BCUT2D eigenvalue weighted by atomic mass is 16.6. The van der Waals surface area contributed by atoms with E-state index in [1.807, 2.05) is 0 Å².